The molecule has 1 aromatic rings. The highest BCUT2D eigenvalue weighted by atomic mass is 32.2. The van der Waals surface area contributed by atoms with E-state index < -0.39 is 21.9 Å². The number of carbonyl (C=O) groups is 1. The van der Waals surface area contributed by atoms with Crippen molar-refractivity contribution in [1.82, 2.24) is 14.3 Å². The van der Waals surface area contributed by atoms with Crippen LogP contribution < -0.4 is 4.72 Å². The Morgan fingerprint density at radius 1 is 1.58 bits per heavy atom. The standard InChI is InChI=1S/C11H19N3O4S/c1-5-18-11(15)8(2)6-12-19(16,17)10-7-14(4)9(3)13-10/h7-8,12H,5-6H2,1-4H3/t8-/m1/s1. The summed E-state index contributed by atoms with van der Waals surface area (Å²) >= 11 is 0. The van der Waals surface area contributed by atoms with Crippen LogP contribution in [0.1, 0.15) is 19.7 Å². The van der Waals surface area contributed by atoms with Crippen LogP contribution in [0.4, 0.5) is 0 Å². The summed E-state index contributed by atoms with van der Waals surface area (Å²) in [5, 5.41) is -0.0523. The maximum Gasteiger partial charge on any atom is 0.309 e. The minimum Gasteiger partial charge on any atom is -0.466 e. The number of hydrogen-bond donors (Lipinski definition) is 1. The lowest BCUT2D eigenvalue weighted by atomic mass is 10.2. The van der Waals surface area contributed by atoms with Crippen LogP contribution in [0.2, 0.25) is 0 Å². The van der Waals surface area contributed by atoms with Crippen molar-refractivity contribution < 1.29 is 17.9 Å². The Kier molecular flexibility index (Phi) is 5.07. The molecule has 0 saturated carbocycles. The van der Waals surface area contributed by atoms with Crippen molar-refractivity contribution in [2.24, 2.45) is 13.0 Å². The minimum absolute atomic E-state index is 0.0171. The van der Waals surface area contributed by atoms with Gasteiger partial charge in [0.2, 0.25) is 0 Å². The third-order valence-electron chi connectivity index (χ3n) is 2.63. The molecule has 1 N–H and O–H groups in total. The fourth-order valence-electron chi connectivity index (χ4n) is 1.33. The van der Waals surface area contributed by atoms with Gasteiger partial charge in [0.15, 0.2) is 5.03 Å². The number of rotatable bonds is 6. The molecule has 0 saturated heterocycles. The molecule has 0 aliphatic heterocycles. The zero-order chi connectivity index (χ0) is 14.6. The molecular formula is C11H19N3O4S. The first-order valence-electron chi connectivity index (χ1n) is 5.94. The molecule has 7 nitrogen and oxygen atoms in total. The third kappa shape index (κ3) is 4.03. The highest BCUT2D eigenvalue weighted by Gasteiger charge is 2.21. The first-order chi connectivity index (χ1) is 8.77. The summed E-state index contributed by atoms with van der Waals surface area (Å²) < 4.78 is 32.7. The molecule has 1 aromatic heterocycles. The number of carbonyl (C=O) groups excluding carboxylic acids is 1. The van der Waals surface area contributed by atoms with Crippen LogP contribution in [0.15, 0.2) is 11.2 Å². The lowest BCUT2D eigenvalue weighted by Crippen LogP contribution is -2.32. The summed E-state index contributed by atoms with van der Waals surface area (Å²) in [6.45, 7) is 5.27. The summed E-state index contributed by atoms with van der Waals surface area (Å²) in [4.78, 5) is 15.3. The van der Waals surface area contributed by atoms with Crippen LogP contribution in [-0.2, 0) is 26.6 Å². The summed E-state index contributed by atoms with van der Waals surface area (Å²) in [5.74, 6) is -0.374. The van der Waals surface area contributed by atoms with Gasteiger partial charge in [-0.15, -0.1) is 0 Å². The molecule has 108 valence electrons. The largest absolute Gasteiger partial charge is 0.466 e. The van der Waals surface area contributed by atoms with Gasteiger partial charge in [-0.25, -0.2) is 18.1 Å². The number of hydrogen-bond acceptors (Lipinski definition) is 5. The van der Waals surface area contributed by atoms with Gasteiger partial charge in [0.25, 0.3) is 10.0 Å². The van der Waals surface area contributed by atoms with Gasteiger partial charge in [0.05, 0.1) is 12.5 Å². The topological polar surface area (TPSA) is 90.3 Å². The molecule has 1 heterocycles. The Morgan fingerprint density at radius 3 is 2.68 bits per heavy atom. The first kappa shape index (κ1) is 15.6. The summed E-state index contributed by atoms with van der Waals surface area (Å²) in [6, 6.07) is 0. The van der Waals surface area contributed by atoms with Gasteiger partial charge < -0.3 is 9.30 Å². The Hall–Kier alpha value is -1.41. The summed E-state index contributed by atoms with van der Waals surface area (Å²) in [7, 11) is -1.98. The summed E-state index contributed by atoms with van der Waals surface area (Å²) in [5.41, 5.74) is 0. The molecule has 0 bridgehead atoms. The molecule has 1 rings (SSSR count). The van der Waals surface area contributed by atoms with E-state index in [1.54, 1.807) is 32.4 Å². The molecule has 19 heavy (non-hydrogen) atoms. The quantitative estimate of drug-likeness (QED) is 0.756. The number of ether oxygens (including phenoxy) is 1. The smallest absolute Gasteiger partial charge is 0.309 e. The van der Waals surface area contributed by atoms with Crippen molar-refractivity contribution in [2.75, 3.05) is 13.2 Å². The average molecular weight is 289 g/mol. The van der Waals surface area contributed by atoms with E-state index in [2.05, 4.69) is 9.71 Å². The van der Waals surface area contributed by atoms with Gasteiger partial charge in [0, 0.05) is 19.8 Å². The van der Waals surface area contributed by atoms with Gasteiger partial charge >= 0.3 is 5.97 Å². The number of nitrogens with one attached hydrogen (secondary N) is 1. The number of esters is 1. The normalized spacial score (nSPS) is 13.3. The van der Waals surface area contributed by atoms with Crippen LogP contribution in [0.5, 0.6) is 0 Å². The van der Waals surface area contributed by atoms with Crippen LogP contribution in [0, 0.1) is 12.8 Å². The number of aryl methyl sites for hydroxylation is 2. The van der Waals surface area contributed by atoms with E-state index in [-0.39, 0.29) is 18.2 Å². The monoisotopic (exact) mass is 289 g/mol. The fraction of sp³-hybridized carbons (Fsp3) is 0.636. The molecule has 0 radical (unpaired) electrons. The highest BCUT2D eigenvalue weighted by molar-refractivity contribution is 7.89. The number of sulfonamides is 1. The molecule has 0 aromatic carbocycles. The van der Waals surface area contributed by atoms with Gasteiger partial charge in [-0.1, -0.05) is 6.92 Å². The molecule has 0 amide bonds. The molecule has 1 atom stereocenters. The van der Waals surface area contributed by atoms with Crippen molar-refractivity contribution in [3.63, 3.8) is 0 Å². The van der Waals surface area contributed by atoms with Crippen LogP contribution >= 0.6 is 0 Å². The molecule has 0 spiro atoms. The molecule has 0 aliphatic rings. The van der Waals surface area contributed by atoms with E-state index in [9.17, 15) is 13.2 Å². The van der Waals surface area contributed by atoms with Crippen LogP contribution in [0.25, 0.3) is 0 Å². The maximum atomic E-state index is 11.9. The number of aromatic nitrogens is 2. The molecule has 8 heteroatoms. The Labute approximate surface area is 113 Å². The van der Waals surface area contributed by atoms with Crippen molar-refractivity contribution >= 4 is 16.0 Å². The summed E-state index contributed by atoms with van der Waals surface area (Å²) in [6.07, 6.45) is 1.42. The molecule has 0 unspecified atom stereocenters. The second kappa shape index (κ2) is 6.16. The van der Waals surface area contributed by atoms with Crippen LogP contribution in [0.3, 0.4) is 0 Å². The predicted octanol–water partition coefficient (Wildman–Crippen LogP) is 0.206. The van der Waals surface area contributed by atoms with Gasteiger partial charge in [-0.3, -0.25) is 4.79 Å². The Morgan fingerprint density at radius 2 is 2.21 bits per heavy atom. The zero-order valence-corrected chi connectivity index (χ0v) is 12.3. The average Bonchev–Trinajstić information content (AvgIpc) is 2.68. The SMILES string of the molecule is CCOC(=O)[C@H](C)CNS(=O)(=O)c1cn(C)c(C)n1. The lowest BCUT2D eigenvalue weighted by Gasteiger charge is -2.10. The van der Waals surface area contributed by atoms with Gasteiger partial charge in [0.1, 0.15) is 5.82 Å². The number of imidazole rings is 1. The van der Waals surface area contributed by atoms with E-state index in [0.717, 1.165) is 0 Å². The zero-order valence-electron chi connectivity index (χ0n) is 11.5. The second-order valence-corrected chi connectivity index (χ2v) is 5.96. The molecular weight excluding hydrogens is 270 g/mol. The van der Waals surface area contributed by atoms with Gasteiger partial charge in [-0.2, -0.15) is 0 Å². The van der Waals surface area contributed by atoms with E-state index >= 15 is 0 Å². The van der Waals surface area contributed by atoms with E-state index in [0.29, 0.717) is 5.82 Å². The van der Waals surface area contributed by atoms with Crippen molar-refractivity contribution in [2.45, 2.75) is 25.8 Å². The first-order valence-corrected chi connectivity index (χ1v) is 7.42. The minimum atomic E-state index is -3.70. The fourth-order valence-corrected chi connectivity index (χ4v) is 2.50. The van der Waals surface area contributed by atoms with Crippen molar-refractivity contribution in [1.29, 1.82) is 0 Å². The Balaban J connectivity index is 2.68. The Bertz CT molecular complexity index is 531. The maximum absolute atomic E-state index is 11.9. The molecule has 0 fully saturated rings. The van der Waals surface area contributed by atoms with E-state index in [1.165, 1.54) is 6.20 Å². The highest BCUT2D eigenvalue weighted by Crippen LogP contribution is 2.08. The lowest BCUT2D eigenvalue weighted by molar-refractivity contribution is -0.147. The van der Waals surface area contributed by atoms with E-state index in [1.807, 2.05) is 0 Å². The van der Waals surface area contributed by atoms with Crippen LogP contribution in [-0.4, -0.2) is 37.1 Å². The number of nitrogens with zero attached hydrogens (tertiary/aromatic N) is 2. The second-order valence-electron chi connectivity index (χ2n) is 4.24. The van der Waals surface area contributed by atoms with Crippen molar-refractivity contribution in [3.05, 3.63) is 12.0 Å². The third-order valence-corrected chi connectivity index (χ3v) is 3.92. The molecule has 0 aliphatic carbocycles. The van der Waals surface area contributed by atoms with Gasteiger partial charge in [-0.05, 0) is 13.8 Å². The predicted molar refractivity (Wildman–Crippen MR) is 68.9 cm³/mol. The van der Waals surface area contributed by atoms with Crippen molar-refractivity contribution in [3.8, 4) is 0 Å². The van der Waals surface area contributed by atoms with E-state index in [4.69, 9.17) is 4.74 Å².